The number of alkyl halides is 2. The number of carboxylic acids is 3. The number of ketones is 2. The van der Waals surface area contributed by atoms with Crippen molar-refractivity contribution in [3.8, 4) is 5.75 Å². The fourth-order valence-corrected chi connectivity index (χ4v) is 14.5. The van der Waals surface area contributed by atoms with Gasteiger partial charge in [-0.1, -0.05) is 49.6 Å². The smallest absolute Gasteiger partial charge is 0.317 e. The summed E-state index contributed by atoms with van der Waals surface area (Å²) in [6.45, 7) is 6.08. The number of fused-ring (bicyclic) bond motifs is 1. The van der Waals surface area contributed by atoms with Gasteiger partial charge in [0, 0.05) is 147 Å². The van der Waals surface area contributed by atoms with Crippen LogP contribution in [0.25, 0.3) is 10.9 Å². The zero-order valence-corrected chi connectivity index (χ0v) is 57.2. The number of aliphatic imine (C=N–C) groups is 1. The van der Waals surface area contributed by atoms with Gasteiger partial charge in [-0.3, -0.25) is 82.4 Å². The van der Waals surface area contributed by atoms with Crippen LogP contribution in [0.3, 0.4) is 0 Å². The molecule has 0 bridgehead atoms. The third-order valence-corrected chi connectivity index (χ3v) is 20.1. The lowest BCUT2D eigenvalue weighted by Crippen LogP contribution is -2.49. The van der Waals surface area contributed by atoms with Crippen LogP contribution >= 0.6 is 11.8 Å². The highest BCUT2D eigenvalue weighted by molar-refractivity contribution is 8.00. The molecule has 4 aliphatic rings. The Morgan fingerprint density at radius 2 is 1.40 bits per heavy atom. The first-order valence-electron chi connectivity index (χ1n) is 34.2. The number of nitrogens with one attached hydrogen (secondary N) is 1. The first-order chi connectivity index (χ1) is 46.4. The molecule has 4 N–H and O–H groups in total. The number of thioether (sulfide) groups is 1. The van der Waals surface area contributed by atoms with E-state index < -0.39 is 59.9 Å². The van der Waals surface area contributed by atoms with E-state index in [0.29, 0.717) is 92.2 Å². The maximum Gasteiger partial charge on any atom is 0.317 e. The number of nitrogens with zero attached hydrogens (tertiary/aromatic N) is 9. The van der Waals surface area contributed by atoms with Crippen LogP contribution in [0.1, 0.15) is 125 Å². The van der Waals surface area contributed by atoms with Gasteiger partial charge in [0.1, 0.15) is 11.5 Å². The number of halogens is 2. The molecule has 1 aromatic heterocycles. The number of aromatic nitrogens is 1. The normalized spacial score (nSPS) is 19.6. The summed E-state index contributed by atoms with van der Waals surface area (Å²) in [5.41, 5.74) is 3.27. The third kappa shape index (κ3) is 25.8. The first kappa shape index (κ1) is 77.0. The molecule has 0 radical (unpaired) electrons. The number of hydrogen-bond acceptors (Lipinski definition) is 18. The van der Waals surface area contributed by atoms with Crippen molar-refractivity contribution < 1.29 is 76.8 Å². The maximum absolute atomic E-state index is 14.2. The lowest BCUT2D eigenvalue weighted by atomic mass is 9.91. The number of piperidine rings is 1. The fourth-order valence-electron chi connectivity index (χ4n) is 13.2. The molecule has 0 spiro atoms. The molecule has 97 heavy (non-hydrogen) atoms. The van der Waals surface area contributed by atoms with E-state index >= 15 is 0 Å². The molecule has 0 saturated carbocycles. The number of imide groups is 1. The van der Waals surface area contributed by atoms with Crippen LogP contribution in [0.2, 0.25) is 0 Å². The number of carboxylic acid groups (broad SMARTS) is 3. The molecule has 4 aliphatic heterocycles. The number of carbonyl (C=O) groups is 10. The molecule has 5 heterocycles. The molecule has 2 aromatic carbocycles. The van der Waals surface area contributed by atoms with Gasteiger partial charge in [0.25, 0.3) is 5.92 Å². The van der Waals surface area contributed by atoms with E-state index in [-0.39, 0.29) is 152 Å². The number of aryl methyl sites for hydroxylation is 2. The zero-order chi connectivity index (χ0) is 70.0. The minimum atomic E-state index is -3.02. The summed E-state index contributed by atoms with van der Waals surface area (Å²) in [5.74, 6) is -7.59. The summed E-state index contributed by atoms with van der Waals surface area (Å²) in [6, 6.07) is 14.3. The molecule has 7 rings (SSSR count). The Hall–Kier alpha value is -7.33. The van der Waals surface area contributed by atoms with E-state index in [2.05, 4.69) is 39.6 Å². The highest BCUT2D eigenvalue weighted by atomic mass is 32.2. The number of Topliss-reactive ketones (excluding diaryl/α,β-unsaturated/α-hetero) is 2. The van der Waals surface area contributed by atoms with E-state index in [1.165, 1.54) is 47.2 Å². The van der Waals surface area contributed by atoms with Gasteiger partial charge in [-0.15, -0.1) is 11.8 Å². The molecule has 27 heteroatoms. The van der Waals surface area contributed by atoms with Gasteiger partial charge in [0.2, 0.25) is 29.5 Å². The summed E-state index contributed by atoms with van der Waals surface area (Å²) in [7, 11) is 1.46. The van der Waals surface area contributed by atoms with E-state index in [1.807, 2.05) is 16.7 Å². The third-order valence-electron chi connectivity index (χ3n) is 18.6. The van der Waals surface area contributed by atoms with Gasteiger partial charge in [0.05, 0.1) is 62.1 Å². The SMILES string of the molecule is CN=C[C@H]1CC(F)(F)CN1C(=O)CCC(=O)c1ccnc2ccc(OCCCCC3CCN(C(=O)C(C)CN4C(=O)CC(SCC(CCCCNC(=O)CCCc5ccc(C)cc5)CC(=O)CN5CCN(CC(=O)O)CCN(CC(=O)O)CCN(CC(=O)O)CC5)C4=O)CC3)cc12. The lowest BCUT2D eigenvalue weighted by molar-refractivity contribution is -0.143. The Balaban J connectivity index is 0.864. The Bertz CT molecular complexity index is 3180. The summed E-state index contributed by atoms with van der Waals surface area (Å²) in [5, 5.41) is 31.9. The van der Waals surface area contributed by atoms with Crippen molar-refractivity contribution in [3.63, 3.8) is 0 Å². The van der Waals surface area contributed by atoms with Crippen molar-refractivity contribution in [1.82, 2.24) is 44.6 Å². The summed E-state index contributed by atoms with van der Waals surface area (Å²) in [6.07, 6.45) is 10.0. The minimum absolute atomic E-state index is 0.00785. The van der Waals surface area contributed by atoms with Gasteiger partial charge in [0.15, 0.2) is 5.78 Å². The second-order valence-corrected chi connectivity index (χ2v) is 27.7. The minimum Gasteiger partial charge on any atom is -0.494 e. The molecule has 4 saturated heterocycles. The molecule has 3 aromatic rings. The number of rotatable bonds is 36. The maximum atomic E-state index is 14.2. The van der Waals surface area contributed by atoms with Crippen molar-refractivity contribution >= 4 is 87.9 Å². The highest BCUT2D eigenvalue weighted by Gasteiger charge is 2.46. The number of benzene rings is 2. The number of carbonyl (C=O) groups excluding carboxylic acids is 7. The lowest BCUT2D eigenvalue weighted by Gasteiger charge is -2.34. The summed E-state index contributed by atoms with van der Waals surface area (Å²) in [4.78, 5) is 150. The first-order valence-corrected chi connectivity index (χ1v) is 35.2. The second-order valence-electron chi connectivity index (χ2n) is 26.5. The summed E-state index contributed by atoms with van der Waals surface area (Å²) >= 11 is 1.33. The van der Waals surface area contributed by atoms with Crippen molar-refractivity contribution in [1.29, 1.82) is 0 Å². The van der Waals surface area contributed by atoms with Crippen LogP contribution in [-0.2, 0) is 49.6 Å². The molecule has 532 valence electrons. The molecular weight excluding hydrogens is 1270 g/mol. The average molecular weight is 1370 g/mol. The van der Waals surface area contributed by atoms with Gasteiger partial charge in [-0.2, -0.15) is 0 Å². The van der Waals surface area contributed by atoms with E-state index in [9.17, 15) is 72.0 Å². The molecule has 0 aliphatic carbocycles. The molecule has 4 fully saturated rings. The van der Waals surface area contributed by atoms with Crippen LogP contribution in [0.5, 0.6) is 5.75 Å². The predicted octanol–water partition coefficient (Wildman–Crippen LogP) is 6.09. The van der Waals surface area contributed by atoms with Crippen LogP contribution in [0, 0.1) is 24.7 Å². The van der Waals surface area contributed by atoms with Gasteiger partial charge >= 0.3 is 17.9 Å². The van der Waals surface area contributed by atoms with Crippen molar-refractivity contribution in [2.75, 3.05) is 131 Å². The molecular formula is C70H98F2N10O14S. The predicted molar refractivity (Wildman–Crippen MR) is 363 cm³/mol. The molecule has 24 nitrogen and oxygen atoms in total. The molecule has 4 atom stereocenters. The van der Waals surface area contributed by atoms with Crippen LogP contribution in [-0.4, -0.2) is 268 Å². The quantitative estimate of drug-likeness (QED) is 0.0222. The Morgan fingerprint density at radius 3 is 2.02 bits per heavy atom. The van der Waals surface area contributed by atoms with E-state index in [1.54, 1.807) is 45.9 Å². The van der Waals surface area contributed by atoms with Crippen LogP contribution < -0.4 is 10.1 Å². The summed E-state index contributed by atoms with van der Waals surface area (Å²) < 4.78 is 34.5. The van der Waals surface area contributed by atoms with Crippen molar-refractivity contribution in [2.45, 2.75) is 134 Å². The van der Waals surface area contributed by atoms with Crippen molar-refractivity contribution in [2.24, 2.45) is 22.7 Å². The zero-order valence-electron chi connectivity index (χ0n) is 56.4. The van der Waals surface area contributed by atoms with Gasteiger partial charge in [-0.25, -0.2) is 8.78 Å². The Kier molecular flexibility index (Phi) is 30.7. The van der Waals surface area contributed by atoms with Crippen molar-refractivity contribution in [3.05, 3.63) is 71.4 Å². The fraction of sp³-hybridized carbons (Fsp3) is 0.629. The number of unbranched alkanes of at least 4 members (excludes halogenated alkanes) is 2. The standard InChI is InChI=1S/C70H98F2N10O14S/c1-49-13-15-51(16-14-49)11-8-12-62(85)75-24-6-4-10-53(37-55(83)43-76-28-30-77(44-65(88)89)32-34-79(46-67(92)93)35-33-78(31-29-76)45-66(90)91)47-97-61-39-64(87)81(69(61)95)42-50(2)68(94)80-26-22-52(23-27-80)9-5-7-36-96-56-17-18-59-58(38-56)57(21-25-74-59)60(84)19-20-63(86)82-48-70(71,72)40-54(82)41-73-3/h13-18,21,25,38,41,50,52-54,61H,4-12,19-20,22-24,26-37,39-40,42-48H2,1-3H3,(H,75,85)(H,88,89)(H,90,91)(H,92,93)/t50?,53?,54-,61?/m1/s1. The monoisotopic (exact) mass is 1370 g/mol. The number of ether oxygens (including phenoxy) is 1. The molecule has 5 amide bonds. The van der Waals surface area contributed by atoms with E-state index in [4.69, 9.17) is 4.74 Å². The van der Waals surface area contributed by atoms with E-state index in [0.717, 1.165) is 43.4 Å². The number of likely N-dealkylation sites (tertiary alicyclic amines) is 3. The Morgan fingerprint density at radius 1 is 0.773 bits per heavy atom. The van der Waals surface area contributed by atoms with Crippen LogP contribution in [0.15, 0.2) is 59.7 Å². The number of amides is 5. The average Bonchev–Trinajstić information content (AvgIpc) is 1.82. The van der Waals surface area contributed by atoms with Crippen LogP contribution in [0.4, 0.5) is 8.78 Å². The van der Waals surface area contributed by atoms with Gasteiger partial charge in [-0.05, 0) is 106 Å². The largest absolute Gasteiger partial charge is 0.494 e. The molecule has 3 unspecified atom stereocenters. The number of hydrogen-bond donors (Lipinski definition) is 4. The number of pyridine rings is 1. The number of aliphatic carboxylic acids is 3. The van der Waals surface area contributed by atoms with Gasteiger partial charge < -0.3 is 35.2 Å². The topological polar surface area (TPSA) is 301 Å². The second kappa shape index (κ2) is 38.7. The highest BCUT2D eigenvalue weighted by Crippen LogP contribution is 2.34. The Labute approximate surface area is 571 Å².